The fraction of sp³-hybridized carbons (Fsp3) is 0.312. The van der Waals surface area contributed by atoms with Gasteiger partial charge in [0.1, 0.15) is 10.0 Å². The van der Waals surface area contributed by atoms with Gasteiger partial charge < -0.3 is 10.2 Å². The van der Waals surface area contributed by atoms with Crippen LogP contribution in [-0.2, 0) is 16.6 Å². The molecular formula is C16H17ClFN3O3S2. The second-order valence-electron chi connectivity index (χ2n) is 5.70. The van der Waals surface area contributed by atoms with Crippen LogP contribution in [0.5, 0.6) is 0 Å². The van der Waals surface area contributed by atoms with Crippen molar-refractivity contribution in [3.05, 3.63) is 52.1 Å². The summed E-state index contributed by atoms with van der Waals surface area (Å²) in [5.41, 5.74) is 0.400. The predicted molar refractivity (Wildman–Crippen MR) is 98.3 cm³/mol. The van der Waals surface area contributed by atoms with Crippen LogP contribution in [0.4, 0.5) is 9.18 Å². The highest BCUT2D eigenvalue weighted by Gasteiger charge is 2.31. The third-order valence-electron chi connectivity index (χ3n) is 4.06. The van der Waals surface area contributed by atoms with Crippen molar-refractivity contribution in [2.24, 2.45) is 0 Å². The Bertz CT molecular complexity index is 896. The minimum atomic E-state index is -3.59. The maximum Gasteiger partial charge on any atom is 0.317 e. The molecule has 0 aliphatic carbocycles. The van der Waals surface area contributed by atoms with E-state index in [0.717, 1.165) is 11.3 Å². The number of carbonyl (C=O) groups excluding carboxylic acids is 1. The van der Waals surface area contributed by atoms with Gasteiger partial charge in [-0.15, -0.1) is 11.3 Å². The molecule has 1 N–H and O–H groups in total. The first-order chi connectivity index (χ1) is 12.4. The second-order valence-corrected chi connectivity index (χ2v) is 9.58. The van der Waals surface area contributed by atoms with Gasteiger partial charge in [0.15, 0.2) is 0 Å². The Labute approximate surface area is 160 Å². The highest BCUT2D eigenvalue weighted by atomic mass is 35.5. The molecule has 0 unspecified atom stereocenters. The minimum absolute atomic E-state index is 0.0811. The van der Waals surface area contributed by atoms with Crippen molar-refractivity contribution in [3.8, 4) is 0 Å². The number of hydrogen-bond donors (Lipinski definition) is 1. The summed E-state index contributed by atoms with van der Waals surface area (Å²) in [6.45, 7) is 1.01. The number of urea groups is 1. The molecule has 2 amide bonds. The van der Waals surface area contributed by atoms with Crippen LogP contribution in [0, 0.1) is 5.82 Å². The van der Waals surface area contributed by atoms with Crippen molar-refractivity contribution in [2.75, 3.05) is 26.2 Å². The number of carbonyl (C=O) groups is 1. The smallest absolute Gasteiger partial charge is 0.317 e. The molecule has 1 aliphatic rings. The lowest BCUT2D eigenvalue weighted by molar-refractivity contribution is 0.172. The first-order valence-electron chi connectivity index (χ1n) is 7.89. The fourth-order valence-electron chi connectivity index (χ4n) is 2.62. The Morgan fingerprint density at radius 1 is 1.15 bits per heavy atom. The molecular weight excluding hydrogens is 401 g/mol. The summed E-state index contributed by atoms with van der Waals surface area (Å²) in [6, 6.07) is 8.91. The summed E-state index contributed by atoms with van der Waals surface area (Å²) < 4.78 is 40.6. The Morgan fingerprint density at radius 3 is 2.46 bits per heavy atom. The van der Waals surface area contributed by atoms with E-state index in [4.69, 9.17) is 11.6 Å². The molecule has 0 spiro atoms. The van der Waals surface area contributed by atoms with E-state index in [9.17, 15) is 17.6 Å². The molecule has 0 bridgehead atoms. The molecule has 1 saturated heterocycles. The van der Waals surface area contributed by atoms with Gasteiger partial charge in [-0.05, 0) is 18.2 Å². The molecule has 1 aromatic carbocycles. The summed E-state index contributed by atoms with van der Waals surface area (Å²) in [5.74, 6) is -0.377. The van der Waals surface area contributed by atoms with Gasteiger partial charge in [-0.25, -0.2) is 17.6 Å². The Morgan fingerprint density at radius 2 is 1.85 bits per heavy atom. The van der Waals surface area contributed by atoms with E-state index >= 15 is 0 Å². The molecule has 26 heavy (non-hydrogen) atoms. The van der Waals surface area contributed by atoms with E-state index in [0.29, 0.717) is 9.90 Å². The molecule has 1 fully saturated rings. The van der Waals surface area contributed by atoms with Crippen molar-refractivity contribution in [1.29, 1.82) is 0 Å². The van der Waals surface area contributed by atoms with Crippen molar-refractivity contribution < 1.29 is 17.6 Å². The summed E-state index contributed by atoms with van der Waals surface area (Å²) in [5, 5.41) is 2.66. The number of sulfonamides is 1. The summed E-state index contributed by atoms with van der Waals surface area (Å²) >= 11 is 6.82. The number of nitrogens with zero attached hydrogens (tertiary/aromatic N) is 2. The SMILES string of the molecule is O=C(NCc1ccccc1F)N1CCN(S(=O)(=O)c2ccc(Cl)s2)CC1. The average Bonchev–Trinajstić information content (AvgIpc) is 3.08. The number of nitrogens with one attached hydrogen (secondary N) is 1. The van der Waals surface area contributed by atoms with Crippen molar-refractivity contribution in [1.82, 2.24) is 14.5 Å². The monoisotopic (exact) mass is 417 g/mol. The van der Waals surface area contributed by atoms with E-state index in [1.54, 1.807) is 24.3 Å². The van der Waals surface area contributed by atoms with Crippen LogP contribution >= 0.6 is 22.9 Å². The van der Waals surface area contributed by atoms with Gasteiger partial charge in [-0.1, -0.05) is 29.8 Å². The van der Waals surface area contributed by atoms with E-state index in [2.05, 4.69) is 5.32 Å². The Hall–Kier alpha value is -1.68. The molecule has 0 saturated carbocycles. The highest BCUT2D eigenvalue weighted by Crippen LogP contribution is 2.28. The van der Waals surface area contributed by atoms with E-state index < -0.39 is 10.0 Å². The summed E-state index contributed by atoms with van der Waals surface area (Å²) in [6.07, 6.45) is 0. The number of amides is 2. The van der Waals surface area contributed by atoms with Crippen LogP contribution in [-0.4, -0.2) is 49.8 Å². The largest absolute Gasteiger partial charge is 0.334 e. The molecule has 0 radical (unpaired) electrons. The van der Waals surface area contributed by atoms with Crippen molar-refractivity contribution in [2.45, 2.75) is 10.8 Å². The maximum atomic E-state index is 13.6. The van der Waals surface area contributed by atoms with Crippen LogP contribution in [0.25, 0.3) is 0 Å². The number of piperazine rings is 1. The van der Waals surface area contributed by atoms with Gasteiger partial charge in [0.25, 0.3) is 10.0 Å². The van der Waals surface area contributed by atoms with Crippen LogP contribution in [0.2, 0.25) is 4.34 Å². The fourth-order valence-corrected chi connectivity index (χ4v) is 5.68. The average molecular weight is 418 g/mol. The lowest BCUT2D eigenvalue weighted by Gasteiger charge is -2.33. The van der Waals surface area contributed by atoms with Gasteiger partial charge in [0.05, 0.1) is 4.34 Å². The molecule has 6 nitrogen and oxygen atoms in total. The number of hydrogen-bond acceptors (Lipinski definition) is 4. The lowest BCUT2D eigenvalue weighted by Crippen LogP contribution is -2.52. The first kappa shape index (κ1) is 19.1. The van der Waals surface area contributed by atoms with Gasteiger partial charge >= 0.3 is 6.03 Å². The molecule has 140 valence electrons. The summed E-state index contributed by atoms with van der Waals surface area (Å²) in [4.78, 5) is 13.7. The molecule has 0 atom stereocenters. The number of thiophene rings is 1. The minimum Gasteiger partial charge on any atom is -0.334 e. The zero-order valence-electron chi connectivity index (χ0n) is 13.7. The van der Waals surface area contributed by atoms with Gasteiger partial charge in [-0.2, -0.15) is 4.31 Å². The van der Waals surface area contributed by atoms with Crippen LogP contribution in [0.1, 0.15) is 5.56 Å². The third kappa shape index (κ3) is 4.17. The number of benzene rings is 1. The van der Waals surface area contributed by atoms with Crippen molar-refractivity contribution >= 4 is 39.0 Å². The van der Waals surface area contributed by atoms with E-state index in [-0.39, 0.29) is 48.8 Å². The molecule has 3 rings (SSSR count). The molecule has 2 aromatic rings. The van der Waals surface area contributed by atoms with Crippen LogP contribution < -0.4 is 5.32 Å². The van der Waals surface area contributed by atoms with Crippen LogP contribution in [0.3, 0.4) is 0 Å². The maximum absolute atomic E-state index is 13.6. The summed E-state index contributed by atoms with van der Waals surface area (Å²) in [7, 11) is -3.59. The Kier molecular flexibility index (Phi) is 5.81. The predicted octanol–water partition coefficient (Wildman–Crippen LogP) is 2.76. The standard InChI is InChI=1S/C16H17ClFN3O3S2/c17-14-5-6-15(25-14)26(23,24)21-9-7-20(8-10-21)16(22)19-11-12-3-1-2-4-13(12)18/h1-6H,7-11H2,(H,19,22). The molecule has 1 aromatic heterocycles. The van der Waals surface area contributed by atoms with Crippen LogP contribution in [0.15, 0.2) is 40.6 Å². The van der Waals surface area contributed by atoms with Gasteiger partial charge in [0.2, 0.25) is 0 Å². The van der Waals surface area contributed by atoms with E-state index in [1.807, 2.05) is 0 Å². The third-order valence-corrected chi connectivity index (χ3v) is 7.65. The lowest BCUT2D eigenvalue weighted by atomic mass is 10.2. The normalized spacial score (nSPS) is 15.8. The number of rotatable bonds is 4. The molecule has 1 aliphatic heterocycles. The van der Waals surface area contributed by atoms with Gasteiger partial charge in [0, 0.05) is 38.3 Å². The zero-order chi connectivity index (χ0) is 18.7. The van der Waals surface area contributed by atoms with Crippen molar-refractivity contribution in [3.63, 3.8) is 0 Å². The molecule has 2 heterocycles. The first-order valence-corrected chi connectivity index (χ1v) is 10.5. The molecule has 10 heteroatoms. The van der Waals surface area contributed by atoms with E-state index in [1.165, 1.54) is 21.3 Å². The Balaban J connectivity index is 1.55. The highest BCUT2D eigenvalue weighted by molar-refractivity contribution is 7.91. The van der Waals surface area contributed by atoms with Gasteiger partial charge in [-0.3, -0.25) is 0 Å². The second kappa shape index (κ2) is 7.91. The number of halogens is 2. The zero-order valence-corrected chi connectivity index (χ0v) is 16.1. The topological polar surface area (TPSA) is 69.7 Å². The quantitative estimate of drug-likeness (QED) is 0.831.